The third kappa shape index (κ3) is 7.69. The second-order valence-electron chi connectivity index (χ2n) is 12.2. The molecule has 2 saturated heterocycles. The van der Waals surface area contributed by atoms with Gasteiger partial charge in [-0.3, -0.25) is 13.9 Å². The number of hydrogen-bond acceptors (Lipinski definition) is 7. The zero-order valence-corrected chi connectivity index (χ0v) is 25.3. The molecule has 13 heteroatoms. The van der Waals surface area contributed by atoms with Crippen LogP contribution in [0.3, 0.4) is 0 Å². The summed E-state index contributed by atoms with van der Waals surface area (Å²) in [5.41, 5.74) is 1.02. The Labute approximate surface area is 257 Å². The van der Waals surface area contributed by atoms with Crippen molar-refractivity contribution < 1.29 is 37.7 Å². The summed E-state index contributed by atoms with van der Waals surface area (Å²) >= 11 is 0. The first kappa shape index (κ1) is 32.6. The van der Waals surface area contributed by atoms with Gasteiger partial charge in [0.05, 0.1) is 11.9 Å². The van der Waals surface area contributed by atoms with E-state index in [4.69, 9.17) is 0 Å². The van der Waals surface area contributed by atoms with Gasteiger partial charge in [-0.2, -0.15) is 0 Å². The number of piperazine rings is 1. The number of aliphatic hydroxyl groups excluding tert-OH is 1. The maximum absolute atomic E-state index is 15.3. The number of benzene rings is 2. The molecule has 2 aliphatic heterocycles. The van der Waals surface area contributed by atoms with E-state index in [1.54, 1.807) is 22.5 Å². The van der Waals surface area contributed by atoms with E-state index >= 15 is 4.39 Å². The Balaban J connectivity index is 1.38. The van der Waals surface area contributed by atoms with Crippen molar-refractivity contribution in [1.82, 2.24) is 14.9 Å². The topological polar surface area (TPSA) is 154 Å². The SMILES string of the molecule is O=C(O)N[C@H](C(=O)Nc1cccc(F)c1CC[C@H]1CN[C@@H]2CCCS(O)(O)N1C2)[C@@H](c1ccc(F)cc1)C1CCC(O)CC1. The molecule has 2 bridgehead atoms. The summed E-state index contributed by atoms with van der Waals surface area (Å²) in [6.45, 7) is 1.02. The average Bonchev–Trinajstić information content (AvgIpc) is 3.10. The molecular weight excluding hydrogens is 594 g/mol. The lowest BCUT2D eigenvalue weighted by atomic mass is 9.72. The Morgan fingerprint density at radius 3 is 2.48 bits per heavy atom. The van der Waals surface area contributed by atoms with Crippen molar-refractivity contribution in [2.24, 2.45) is 5.92 Å². The third-order valence-electron chi connectivity index (χ3n) is 9.33. The molecule has 2 heterocycles. The molecule has 0 aromatic heterocycles. The lowest BCUT2D eigenvalue weighted by Gasteiger charge is -2.49. The quantitative estimate of drug-likeness (QED) is 0.205. The number of rotatable bonds is 9. The monoisotopic (exact) mass is 636 g/mol. The van der Waals surface area contributed by atoms with Crippen molar-refractivity contribution in [1.29, 1.82) is 0 Å². The molecule has 1 aliphatic carbocycles. The summed E-state index contributed by atoms with van der Waals surface area (Å²) in [4.78, 5) is 25.9. The Morgan fingerprint density at radius 1 is 1.05 bits per heavy atom. The fourth-order valence-electron chi connectivity index (χ4n) is 7.06. The van der Waals surface area contributed by atoms with Crippen molar-refractivity contribution in [2.75, 3.05) is 24.2 Å². The van der Waals surface area contributed by atoms with Crippen LogP contribution in [0.5, 0.6) is 0 Å². The van der Waals surface area contributed by atoms with Gasteiger partial charge in [-0.05, 0) is 87.1 Å². The first-order chi connectivity index (χ1) is 21.0. The van der Waals surface area contributed by atoms with Crippen LogP contribution in [0.1, 0.15) is 62.0 Å². The van der Waals surface area contributed by atoms with Gasteiger partial charge >= 0.3 is 6.09 Å². The highest BCUT2D eigenvalue weighted by atomic mass is 32.3. The summed E-state index contributed by atoms with van der Waals surface area (Å²) < 4.78 is 52.5. The van der Waals surface area contributed by atoms with Gasteiger partial charge in [-0.15, -0.1) is 10.8 Å². The predicted molar refractivity (Wildman–Crippen MR) is 165 cm³/mol. The van der Waals surface area contributed by atoms with E-state index in [1.165, 1.54) is 24.3 Å². The number of carboxylic acid groups (broad SMARTS) is 1. The highest BCUT2D eigenvalue weighted by molar-refractivity contribution is 8.22. The molecule has 2 aromatic rings. The van der Waals surface area contributed by atoms with Crippen LogP contribution in [0.4, 0.5) is 19.3 Å². The van der Waals surface area contributed by atoms with Crippen molar-refractivity contribution in [3.05, 3.63) is 65.2 Å². The van der Waals surface area contributed by atoms with Crippen molar-refractivity contribution in [3.63, 3.8) is 0 Å². The van der Waals surface area contributed by atoms with Crippen molar-refractivity contribution in [2.45, 2.75) is 81.5 Å². The Morgan fingerprint density at radius 2 is 1.77 bits per heavy atom. The summed E-state index contributed by atoms with van der Waals surface area (Å²) in [5, 5.41) is 28.4. The van der Waals surface area contributed by atoms with Crippen LogP contribution in [0.25, 0.3) is 0 Å². The molecule has 5 rings (SSSR count). The first-order valence-electron chi connectivity index (χ1n) is 15.3. The molecule has 7 N–H and O–H groups in total. The maximum atomic E-state index is 15.3. The number of fused-ring (bicyclic) bond motifs is 2. The standard InChI is InChI=1S/C31H42F2N4O6S/c32-21-10-6-19(7-11-21)28(20-8-13-24(38)14-9-20)29(36-31(40)41)30(39)35-27-5-1-4-26(33)25(27)15-12-23-17-34-22-3-2-16-44(42,43)37(23)18-22/h1,4-7,10-11,20,22-24,28-29,34,36,38,42-43H,2-3,8-9,12-18H2,(H,35,39)(H,40,41)/t20?,22-,23+,24?,28+,29+/m1/s1. The van der Waals surface area contributed by atoms with Crippen molar-refractivity contribution >= 4 is 28.5 Å². The zero-order chi connectivity index (χ0) is 31.4. The normalized spacial score (nSPS) is 28.6. The average molecular weight is 637 g/mol. The van der Waals surface area contributed by atoms with Gasteiger partial charge in [-0.1, -0.05) is 18.2 Å². The Kier molecular flexibility index (Phi) is 10.4. The smallest absolute Gasteiger partial charge is 0.405 e. The van der Waals surface area contributed by atoms with Crippen LogP contribution < -0.4 is 16.0 Å². The van der Waals surface area contributed by atoms with Crippen molar-refractivity contribution in [3.8, 4) is 0 Å². The number of aliphatic hydroxyl groups is 1. The second kappa shape index (κ2) is 14.1. The number of halogens is 2. The fraction of sp³-hybridized carbons (Fsp3) is 0.548. The van der Waals surface area contributed by atoms with Gasteiger partial charge in [0, 0.05) is 42.3 Å². The molecule has 242 valence electrons. The summed E-state index contributed by atoms with van der Waals surface area (Å²) in [6, 6.07) is 8.58. The number of carbonyl (C=O) groups excluding carboxylic acids is 1. The molecule has 44 heavy (non-hydrogen) atoms. The molecule has 5 atom stereocenters. The Bertz CT molecular complexity index is 1310. The minimum atomic E-state index is -2.93. The number of nitrogens with one attached hydrogen (secondary N) is 3. The molecule has 2 aromatic carbocycles. The summed E-state index contributed by atoms with van der Waals surface area (Å²) in [6.07, 6.45) is 2.37. The number of carbonyl (C=O) groups is 2. The van der Waals surface area contributed by atoms with E-state index in [0.29, 0.717) is 62.9 Å². The zero-order valence-electron chi connectivity index (χ0n) is 24.5. The van der Waals surface area contributed by atoms with Crippen LogP contribution in [-0.2, 0) is 11.2 Å². The Hall–Kier alpha value is -2.81. The summed E-state index contributed by atoms with van der Waals surface area (Å²) in [5.74, 6) is -2.21. The number of amides is 2. The van der Waals surface area contributed by atoms with Crippen LogP contribution in [0.15, 0.2) is 42.5 Å². The van der Waals surface area contributed by atoms with E-state index in [2.05, 4.69) is 16.0 Å². The second-order valence-corrected chi connectivity index (χ2v) is 14.3. The van der Waals surface area contributed by atoms with E-state index in [-0.39, 0.29) is 35.7 Å². The van der Waals surface area contributed by atoms with Gasteiger partial charge in [-0.25, -0.2) is 17.9 Å². The van der Waals surface area contributed by atoms with Crippen LogP contribution in [0, 0.1) is 17.6 Å². The highest BCUT2D eigenvalue weighted by Crippen LogP contribution is 2.49. The molecule has 0 radical (unpaired) electrons. The van der Waals surface area contributed by atoms with Gasteiger partial charge in [0.1, 0.15) is 17.7 Å². The van der Waals surface area contributed by atoms with Gasteiger partial charge in [0.15, 0.2) is 0 Å². The predicted octanol–water partition coefficient (Wildman–Crippen LogP) is 4.91. The molecule has 0 spiro atoms. The van der Waals surface area contributed by atoms with E-state index in [1.807, 2.05) is 0 Å². The van der Waals surface area contributed by atoms with E-state index in [9.17, 15) is 33.3 Å². The molecular formula is C31H42F2N4O6S. The molecule has 3 aliphatic rings. The van der Waals surface area contributed by atoms with Crippen LogP contribution in [0.2, 0.25) is 0 Å². The minimum absolute atomic E-state index is 0.170. The third-order valence-corrected chi connectivity index (χ3v) is 11.4. The maximum Gasteiger partial charge on any atom is 0.405 e. The van der Waals surface area contributed by atoms with Crippen LogP contribution >= 0.6 is 10.8 Å². The van der Waals surface area contributed by atoms with E-state index in [0.717, 1.165) is 6.42 Å². The lowest BCUT2D eigenvalue weighted by Crippen LogP contribution is -2.55. The van der Waals surface area contributed by atoms with Gasteiger partial charge < -0.3 is 26.2 Å². The van der Waals surface area contributed by atoms with E-state index < -0.39 is 52.5 Å². The summed E-state index contributed by atoms with van der Waals surface area (Å²) in [7, 11) is -2.93. The molecule has 1 saturated carbocycles. The molecule has 3 fully saturated rings. The number of anilines is 1. The molecule has 2 amide bonds. The first-order valence-corrected chi connectivity index (χ1v) is 17.0. The highest BCUT2D eigenvalue weighted by Gasteiger charge is 2.40. The lowest BCUT2D eigenvalue weighted by molar-refractivity contribution is -0.119. The number of hydrogen-bond donors (Lipinski definition) is 7. The van der Waals surface area contributed by atoms with Crippen LogP contribution in [-0.4, -0.2) is 78.7 Å². The molecule has 10 nitrogen and oxygen atoms in total. The van der Waals surface area contributed by atoms with Gasteiger partial charge in [0.25, 0.3) is 0 Å². The minimum Gasteiger partial charge on any atom is -0.465 e. The van der Waals surface area contributed by atoms with Gasteiger partial charge in [0.2, 0.25) is 5.91 Å². The molecule has 1 unspecified atom stereocenters. The number of nitrogens with zero attached hydrogens (tertiary/aromatic N) is 1. The largest absolute Gasteiger partial charge is 0.465 e. The fourth-order valence-corrected chi connectivity index (χ4v) is 8.92.